The van der Waals surface area contributed by atoms with Gasteiger partial charge in [-0.1, -0.05) is 19.0 Å². The zero-order valence-electron chi connectivity index (χ0n) is 13.8. The summed E-state index contributed by atoms with van der Waals surface area (Å²) >= 11 is 0. The molecule has 0 heterocycles. The summed E-state index contributed by atoms with van der Waals surface area (Å²) in [5.74, 6) is 1.57. The van der Waals surface area contributed by atoms with Gasteiger partial charge in [-0.05, 0) is 60.0 Å². The molecule has 0 aliphatic rings. The lowest BCUT2D eigenvalue weighted by Crippen LogP contribution is -2.10. The third kappa shape index (κ3) is 4.75. The Labute approximate surface area is 141 Å². The molecule has 2 rings (SSSR count). The molecule has 0 spiro atoms. The predicted molar refractivity (Wildman–Crippen MR) is 91.8 cm³/mol. The average molecular weight is 324 g/mol. The van der Waals surface area contributed by atoms with Gasteiger partial charge in [0.05, 0.1) is 17.3 Å². The molecule has 24 heavy (non-hydrogen) atoms. The number of ether oxygens (including phenoxy) is 2. The molecule has 0 aliphatic carbocycles. The molecule has 0 saturated carbocycles. The first kappa shape index (κ1) is 17.4. The van der Waals surface area contributed by atoms with Gasteiger partial charge in [-0.3, -0.25) is 0 Å². The lowest BCUT2D eigenvalue weighted by atomic mass is 10.0. The van der Waals surface area contributed by atoms with Gasteiger partial charge in [-0.2, -0.15) is 5.26 Å². The van der Waals surface area contributed by atoms with Crippen molar-refractivity contribution in [3.63, 3.8) is 0 Å². The van der Waals surface area contributed by atoms with E-state index in [1.165, 1.54) is 0 Å². The third-order valence-corrected chi connectivity index (χ3v) is 3.41. The highest BCUT2D eigenvalue weighted by Gasteiger charge is 2.09. The zero-order chi connectivity index (χ0) is 17.4. The van der Waals surface area contributed by atoms with Gasteiger partial charge >= 0.3 is 0 Å². The maximum atomic E-state index is 9.06. The van der Waals surface area contributed by atoms with E-state index in [1.807, 2.05) is 38.1 Å². The van der Waals surface area contributed by atoms with Crippen LogP contribution in [0.3, 0.4) is 0 Å². The van der Waals surface area contributed by atoms with Crippen LogP contribution in [-0.4, -0.2) is 24.1 Å². The SMILES string of the molecule is CC(C)/C(=N/O)c1ccc(OCCOc2ccc(C#N)cc2)cc1. The summed E-state index contributed by atoms with van der Waals surface area (Å²) < 4.78 is 11.2. The maximum Gasteiger partial charge on any atom is 0.122 e. The Hall–Kier alpha value is -3.00. The van der Waals surface area contributed by atoms with Crippen molar-refractivity contribution in [2.45, 2.75) is 13.8 Å². The smallest absolute Gasteiger partial charge is 0.122 e. The molecule has 0 atom stereocenters. The standard InChI is InChI=1S/C19H20N2O3/c1-14(2)19(21-22)16-5-9-18(10-6-16)24-12-11-23-17-7-3-15(13-20)4-8-17/h3-10,14,22H,11-12H2,1-2H3/b21-19-. The molecular weight excluding hydrogens is 304 g/mol. The Morgan fingerprint density at radius 1 is 1.00 bits per heavy atom. The summed E-state index contributed by atoms with van der Waals surface area (Å²) in [5.41, 5.74) is 2.12. The summed E-state index contributed by atoms with van der Waals surface area (Å²) in [6, 6.07) is 16.4. The highest BCUT2D eigenvalue weighted by Crippen LogP contribution is 2.16. The fraction of sp³-hybridized carbons (Fsp3) is 0.263. The summed E-state index contributed by atoms with van der Waals surface area (Å²) in [5, 5.41) is 21.1. The van der Waals surface area contributed by atoms with Gasteiger partial charge in [0, 0.05) is 0 Å². The predicted octanol–water partition coefficient (Wildman–Crippen LogP) is 3.85. The van der Waals surface area contributed by atoms with E-state index >= 15 is 0 Å². The average Bonchev–Trinajstić information content (AvgIpc) is 2.61. The summed E-state index contributed by atoms with van der Waals surface area (Å²) in [6.45, 7) is 4.76. The van der Waals surface area contributed by atoms with Crippen LogP contribution in [0.4, 0.5) is 0 Å². The van der Waals surface area contributed by atoms with E-state index in [2.05, 4.69) is 11.2 Å². The first-order chi connectivity index (χ1) is 11.6. The van der Waals surface area contributed by atoms with Crippen molar-refractivity contribution in [1.82, 2.24) is 0 Å². The lowest BCUT2D eigenvalue weighted by Gasteiger charge is -2.11. The van der Waals surface area contributed by atoms with Crippen LogP contribution in [0.25, 0.3) is 0 Å². The fourth-order valence-electron chi connectivity index (χ4n) is 2.17. The van der Waals surface area contributed by atoms with E-state index in [0.29, 0.717) is 30.2 Å². The number of benzene rings is 2. The van der Waals surface area contributed by atoms with Gasteiger partial charge in [0.15, 0.2) is 0 Å². The first-order valence-electron chi connectivity index (χ1n) is 7.72. The molecular formula is C19H20N2O3. The molecule has 0 amide bonds. The van der Waals surface area contributed by atoms with Crippen LogP contribution in [0.2, 0.25) is 0 Å². The van der Waals surface area contributed by atoms with Gasteiger partial charge in [-0.25, -0.2) is 0 Å². The second-order valence-corrected chi connectivity index (χ2v) is 5.50. The van der Waals surface area contributed by atoms with Crippen LogP contribution in [0.5, 0.6) is 11.5 Å². The number of hydrogen-bond acceptors (Lipinski definition) is 5. The van der Waals surface area contributed by atoms with E-state index in [1.54, 1.807) is 24.3 Å². The highest BCUT2D eigenvalue weighted by atomic mass is 16.5. The molecule has 0 aliphatic heterocycles. The van der Waals surface area contributed by atoms with Crippen molar-refractivity contribution < 1.29 is 14.7 Å². The van der Waals surface area contributed by atoms with Crippen molar-refractivity contribution in [2.24, 2.45) is 11.1 Å². The summed E-state index contributed by atoms with van der Waals surface area (Å²) in [6.07, 6.45) is 0. The quantitative estimate of drug-likeness (QED) is 0.363. The minimum Gasteiger partial charge on any atom is -0.490 e. The van der Waals surface area contributed by atoms with Crippen molar-refractivity contribution >= 4 is 5.71 Å². The number of oxime groups is 1. The zero-order valence-corrected chi connectivity index (χ0v) is 13.8. The Kier molecular flexibility index (Phi) is 6.21. The van der Waals surface area contributed by atoms with Gasteiger partial charge in [0.1, 0.15) is 24.7 Å². The lowest BCUT2D eigenvalue weighted by molar-refractivity contribution is 0.217. The molecule has 1 N–H and O–H groups in total. The molecule has 0 saturated heterocycles. The number of rotatable bonds is 7. The van der Waals surface area contributed by atoms with Crippen LogP contribution in [0, 0.1) is 17.2 Å². The second-order valence-electron chi connectivity index (χ2n) is 5.50. The van der Waals surface area contributed by atoms with E-state index in [0.717, 1.165) is 11.3 Å². The van der Waals surface area contributed by atoms with Crippen molar-refractivity contribution in [3.8, 4) is 17.6 Å². The third-order valence-electron chi connectivity index (χ3n) is 3.41. The molecule has 5 heteroatoms. The minimum atomic E-state index is 0.141. The second kappa shape index (κ2) is 8.59. The monoisotopic (exact) mass is 324 g/mol. The molecule has 124 valence electrons. The Morgan fingerprint density at radius 2 is 1.50 bits per heavy atom. The Balaban J connectivity index is 1.81. The molecule has 0 unspecified atom stereocenters. The van der Waals surface area contributed by atoms with Crippen molar-refractivity contribution in [1.29, 1.82) is 5.26 Å². The summed E-state index contributed by atoms with van der Waals surface area (Å²) in [7, 11) is 0. The molecule has 0 radical (unpaired) electrons. The normalized spacial score (nSPS) is 11.2. The maximum absolute atomic E-state index is 9.06. The molecule has 0 fully saturated rings. The van der Waals surface area contributed by atoms with Gasteiger partial charge in [-0.15, -0.1) is 0 Å². The molecule has 0 aromatic heterocycles. The molecule has 2 aromatic carbocycles. The fourth-order valence-corrected chi connectivity index (χ4v) is 2.17. The summed E-state index contributed by atoms with van der Waals surface area (Å²) in [4.78, 5) is 0. The van der Waals surface area contributed by atoms with E-state index < -0.39 is 0 Å². The van der Waals surface area contributed by atoms with Crippen LogP contribution in [-0.2, 0) is 0 Å². The van der Waals surface area contributed by atoms with Crippen LogP contribution in [0.1, 0.15) is 25.0 Å². The molecule has 2 aromatic rings. The highest BCUT2D eigenvalue weighted by molar-refractivity contribution is 6.01. The number of nitriles is 1. The van der Waals surface area contributed by atoms with E-state index in [9.17, 15) is 0 Å². The van der Waals surface area contributed by atoms with Crippen molar-refractivity contribution in [3.05, 3.63) is 59.7 Å². The minimum absolute atomic E-state index is 0.141. The Bertz CT molecular complexity index is 714. The van der Waals surface area contributed by atoms with Gasteiger partial charge < -0.3 is 14.7 Å². The topological polar surface area (TPSA) is 74.8 Å². The molecule has 5 nitrogen and oxygen atoms in total. The largest absolute Gasteiger partial charge is 0.490 e. The Morgan fingerprint density at radius 3 is 1.92 bits per heavy atom. The van der Waals surface area contributed by atoms with Crippen LogP contribution >= 0.6 is 0 Å². The van der Waals surface area contributed by atoms with Crippen LogP contribution in [0.15, 0.2) is 53.7 Å². The van der Waals surface area contributed by atoms with Gasteiger partial charge in [0.2, 0.25) is 0 Å². The van der Waals surface area contributed by atoms with E-state index in [4.69, 9.17) is 19.9 Å². The van der Waals surface area contributed by atoms with Crippen molar-refractivity contribution in [2.75, 3.05) is 13.2 Å². The number of hydrogen-bond donors (Lipinski definition) is 1. The molecule has 0 bridgehead atoms. The first-order valence-corrected chi connectivity index (χ1v) is 7.72. The van der Waals surface area contributed by atoms with E-state index in [-0.39, 0.29) is 5.92 Å². The number of nitrogens with zero attached hydrogens (tertiary/aromatic N) is 2. The van der Waals surface area contributed by atoms with Crippen LogP contribution < -0.4 is 9.47 Å². The van der Waals surface area contributed by atoms with Gasteiger partial charge in [0.25, 0.3) is 0 Å².